The van der Waals surface area contributed by atoms with Crippen LogP contribution in [0.2, 0.25) is 0 Å². The van der Waals surface area contributed by atoms with Crippen LogP contribution in [0.15, 0.2) is 24.3 Å². The first-order valence-corrected chi connectivity index (χ1v) is 7.64. The Bertz CT molecular complexity index is 559. The molecule has 1 aromatic carbocycles. The fourth-order valence-corrected chi connectivity index (χ4v) is 2.47. The minimum Gasteiger partial charge on any atom is -0.486 e. The number of para-hydroxylation sites is 1. The van der Waals surface area contributed by atoms with Crippen molar-refractivity contribution in [2.24, 2.45) is 5.92 Å². The van der Waals surface area contributed by atoms with Crippen LogP contribution in [0.3, 0.4) is 0 Å². The van der Waals surface area contributed by atoms with Crippen molar-refractivity contribution in [3.63, 3.8) is 0 Å². The summed E-state index contributed by atoms with van der Waals surface area (Å²) in [6, 6.07) is 5.85. The summed E-state index contributed by atoms with van der Waals surface area (Å²) in [5, 5.41) is 11.7. The van der Waals surface area contributed by atoms with E-state index >= 15 is 0 Å². The summed E-state index contributed by atoms with van der Waals surface area (Å²) < 4.78 is 18.9. The van der Waals surface area contributed by atoms with Crippen LogP contribution in [0.25, 0.3) is 0 Å². The van der Waals surface area contributed by atoms with E-state index in [4.69, 9.17) is 9.84 Å². The Balaban J connectivity index is 1.74. The van der Waals surface area contributed by atoms with Gasteiger partial charge in [0, 0.05) is 13.1 Å². The van der Waals surface area contributed by atoms with E-state index < -0.39 is 11.8 Å². The fourth-order valence-electron chi connectivity index (χ4n) is 2.47. The van der Waals surface area contributed by atoms with Crippen LogP contribution in [0.4, 0.5) is 9.18 Å². The van der Waals surface area contributed by atoms with Gasteiger partial charge >= 0.3 is 12.0 Å². The molecule has 0 radical (unpaired) electrons. The molecule has 2 rings (SSSR count). The van der Waals surface area contributed by atoms with E-state index in [9.17, 15) is 14.0 Å². The molecule has 23 heavy (non-hydrogen) atoms. The average Bonchev–Trinajstić information content (AvgIpc) is 2.55. The number of benzene rings is 1. The molecule has 0 aliphatic carbocycles. The Kier molecular flexibility index (Phi) is 5.78. The molecule has 1 unspecified atom stereocenters. The van der Waals surface area contributed by atoms with Crippen molar-refractivity contribution in [3.8, 4) is 5.75 Å². The molecule has 0 bridgehead atoms. The maximum atomic E-state index is 13.5. The number of likely N-dealkylation sites (tertiary alicyclic amines) is 1. The number of urea groups is 1. The van der Waals surface area contributed by atoms with Crippen molar-refractivity contribution >= 4 is 12.0 Å². The zero-order valence-electron chi connectivity index (χ0n) is 13.0. The zero-order valence-corrected chi connectivity index (χ0v) is 13.0. The lowest BCUT2D eigenvalue weighted by Crippen LogP contribution is -2.47. The smallest absolute Gasteiger partial charge is 0.317 e. The van der Waals surface area contributed by atoms with Gasteiger partial charge in [0.25, 0.3) is 0 Å². The lowest BCUT2D eigenvalue weighted by atomic mass is 9.97. The quantitative estimate of drug-likeness (QED) is 0.869. The van der Waals surface area contributed by atoms with E-state index in [1.165, 1.54) is 12.1 Å². The third-order valence-electron chi connectivity index (χ3n) is 3.84. The van der Waals surface area contributed by atoms with Gasteiger partial charge in [0.15, 0.2) is 11.6 Å². The van der Waals surface area contributed by atoms with Gasteiger partial charge in [-0.15, -0.1) is 0 Å². The van der Waals surface area contributed by atoms with E-state index in [-0.39, 0.29) is 30.3 Å². The lowest BCUT2D eigenvalue weighted by molar-refractivity contribution is -0.143. The Hall–Kier alpha value is -2.31. The number of piperidine rings is 1. The molecule has 2 N–H and O–H groups in total. The van der Waals surface area contributed by atoms with E-state index in [2.05, 4.69) is 5.32 Å². The summed E-state index contributed by atoms with van der Waals surface area (Å²) in [6.45, 7) is 2.83. The highest BCUT2D eigenvalue weighted by molar-refractivity contribution is 5.75. The number of carbonyl (C=O) groups excluding carboxylic acids is 1. The number of carboxylic acids is 1. The number of carbonyl (C=O) groups is 2. The summed E-state index contributed by atoms with van der Waals surface area (Å²) in [4.78, 5) is 24.5. The van der Waals surface area contributed by atoms with Crippen LogP contribution in [-0.4, -0.2) is 47.7 Å². The third-order valence-corrected chi connectivity index (χ3v) is 3.84. The predicted octanol–water partition coefficient (Wildman–Crippen LogP) is 2.10. The molecule has 0 saturated carbocycles. The number of nitrogens with zero attached hydrogens (tertiary/aromatic N) is 1. The summed E-state index contributed by atoms with van der Waals surface area (Å²) in [7, 11) is 0. The highest BCUT2D eigenvalue weighted by atomic mass is 19.1. The second-order valence-corrected chi connectivity index (χ2v) is 5.64. The van der Waals surface area contributed by atoms with E-state index in [0.29, 0.717) is 25.9 Å². The molecule has 1 aromatic rings. The van der Waals surface area contributed by atoms with Crippen LogP contribution >= 0.6 is 0 Å². The Labute approximate surface area is 134 Å². The Morgan fingerprint density at radius 2 is 2.04 bits per heavy atom. The Morgan fingerprint density at radius 1 is 1.39 bits per heavy atom. The highest BCUT2D eigenvalue weighted by Gasteiger charge is 2.27. The van der Waals surface area contributed by atoms with E-state index in [1.54, 1.807) is 24.0 Å². The minimum absolute atomic E-state index is 0.150. The minimum atomic E-state index is -0.808. The van der Waals surface area contributed by atoms with Gasteiger partial charge in [-0.05, 0) is 31.9 Å². The summed E-state index contributed by atoms with van der Waals surface area (Å²) >= 11 is 0. The van der Waals surface area contributed by atoms with Gasteiger partial charge < -0.3 is 20.1 Å². The molecule has 6 nitrogen and oxygen atoms in total. The molecule has 2 amide bonds. The van der Waals surface area contributed by atoms with Crippen LogP contribution in [0.5, 0.6) is 5.75 Å². The molecule has 1 heterocycles. The molecule has 0 spiro atoms. The van der Waals surface area contributed by atoms with Gasteiger partial charge in [0.1, 0.15) is 6.10 Å². The molecule has 1 fully saturated rings. The molecular formula is C16H21FN2O4. The van der Waals surface area contributed by atoms with Gasteiger partial charge in [-0.2, -0.15) is 0 Å². The summed E-state index contributed by atoms with van der Waals surface area (Å²) in [6.07, 6.45) is 0.543. The van der Waals surface area contributed by atoms with E-state index in [0.717, 1.165) is 0 Å². The molecule has 0 aromatic heterocycles. The second-order valence-electron chi connectivity index (χ2n) is 5.64. The maximum Gasteiger partial charge on any atom is 0.317 e. The first-order chi connectivity index (χ1) is 11.0. The number of aliphatic carboxylic acids is 1. The molecule has 1 aliphatic rings. The zero-order chi connectivity index (χ0) is 16.8. The lowest BCUT2D eigenvalue weighted by Gasteiger charge is -2.30. The van der Waals surface area contributed by atoms with Gasteiger partial charge in [-0.1, -0.05) is 12.1 Å². The van der Waals surface area contributed by atoms with Crippen molar-refractivity contribution in [2.75, 3.05) is 19.6 Å². The largest absolute Gasteiger partial charge is 0.486 e. The van der Waals surface area contributed by atoms with Gasteiger partial charge in [0.05, 0.1) is 12.5 Å². The fraction of sp³-hybridized carbons (Fsp3) is 0.500. The van der Waals surface area contributed by atoms with Crippen molar-refractivity contribution in [2.45, 2.75) is 25.9 Å². The predicted molar refractivity (Wildman–Crippen MR) is 81.8 cm³/mol. The van der Waals surface area contributed by atoms with Gasteiger partial charge in [0.2, 0.25) is 0 Å². The third kappa shape index (κ3) is 4.84. The number of rotatable bonds is 5. The monoisotopic (exact) mass is 324 g/mol. The van der Waals surface area contributed by atoms with Gasteiger partial charge in [-0.25, -0.2) is 9.18 Å². The standard InChI is InChI=1S/C16H21FN2O4/c1-11(23-14-5-3-2-4-13(14)17)10-18-16(22)19-8-6-12(7-9-19)15(20)21/h2-5,11-12H,6-10H2,1H3,(H,18,22)(H,20,21). The SMILES string of the molecule is CC(CNC(=O)N1CCC(C(=O)O)CC1)Oc1ccccc1F. The summed E-state index contributed by atoms with van der Waals surface area (Å²) in [5.74, 6) is -1.47. The van der Waals surface area contributed by atoms with Crippen molar-refractivity contribution in [1.82, 2.24) is 10.2 Å². The van der Waals surface area contributed by atoms with Crippen molar-refractivity contribution in [3.05, 3.63) is 30.1 Å². The number of halogens is 1. The topological polar surface area (TPSA) is 78.9 Å². The molecule has 126 valence electrons. The van der Waals surface area contributed by atoms with Gasteiger partial charge in [-0.3, -0.25) is 4.79 Å². The molecule has 7 heteroatoms. The van der Waals surface area contributed by atoms with Crippen LogP contribution in [0, 0.1) is 11.7 Å². The highest BCUT2D eigenvalue weighted by Crippen LogP contribution is 2.18. The first kappa shape index (κ1) is 17.1. The number of nitrogens with one attached hydrogen (secondary N) is 1. The van der Waals surface area contributed by atoms with E-state index in [1.807, 2.05) is 0 Å². The molecule has 1 aliphatic heterocycles. The number of hydrogen-bond acceptors (Lipinski definition) is 3. The number of ether oxygens (including phenoxy) is 1. The maximum absolute atomic E-state index is 13.5. The second kappa shape index (κ2) is 7.80. The number of carboxylic acid groups (broad SMARTS) is 1. The summed E-state index contributed by atoms with van der Waals surface area (Å²) in [5.41, 5.74) is 0. The molecular weight excluding hydrogens is 303 g/mol. The molecule has 1 atom stereocenters. The average molecular weight is 324 g/mol. The first-order valence-electron chi connectivity index (χ1n) is 7.64. The van der Waals surface area contributed by atoms with Crippen LogP contribution in [0.1, 0.15) is 19.8 Å². The normalized spacial score (nSPS) is 16.7. The van der Waals surface area contributed by atoms with Crippen LogP contribution in [-0.2, 0) is 4.79 Å². The van der Waals surface area contributed by atoms with Crippen molar-refractivity contribution < 1.29 is 23.8 Å². The number of amides is 2. The van der Waals surface area contributed by atoms with Crippen molar-refractivity contribution in [1.29, 1.82) is 0 Å². The number of hydrogen-bond donors (Lipinski definition) is 2. The Morgan fingerprint density at radius 3 is 2.65 bits per heavy atom. The van der Waals surface area contributed by atoms with Crippen LogP contribution < -0.4 is 10.1 Å². The molecule has 1 saturated heterocycles.